The number of ether oxygens (including phenoxy) is 1. The number of halogens is 4. The number of hydrogen-bond donors (Lipinski definition) is 0. The molecule has 12 heteroatoms. The van der Waals surface area contributed by atoms with Gasteiger partial charge in [0, 0.05) is 11.6 Å². The highest BCUT2D eigenvalue weighted by molar-refractivity contribution is 7.20. The van der Waals surface area contributed by atoms with Crippen molar-refractivity contribution in [1.29, 1.82) is 0 Å². The van der Waals surface area contributed by atoms with Gasteiger partial charge in [-0.1, -0.05) is 20.6 Å². The normalized spacial score (nSPS) is 11.8. The number of benzene rings is 1. The lowest BCUT2D eigenvalue weighted by molar-refractivity contribution is -0.0498. The summed E-state index contributed by atoms with van der Waals surface area (Å²) in [6.45, 7) is -3.06. The molecule has 0 aliphatic rings. The second kappa shape index (κ2) is 7.69. The van der Waals surface area contributed by atoms with Gasteiger partial charge < -0.3 is 4.74 Å². The minimum atomic E-state index is -3.20. The van der Waals surface area contributed by atoms with E-state index >= 15 is 0 Å². The summed E-state index contributed by atoms with van der Waals surface area (Å²) >= 11 is 0.672. The fraction of sp³-hybridized carbons (Fsp3) is 0.200. The van der Waals surface area contributed by atoms with Gasteiger partial charge in [0.05, 0.1) is 12.2 Å². The van der Waals surface area contributed by atoms with Crippen LogP contribution in [0, 0.1) is 0 Å². The zero-order chi connectivity index (χ0) is 19.6. The van der Waals surface area contributed by atoms with Crippen molar-refractivity contribution in [3.05, 3.63) is 56.8 Å². The van der Waals surface area contributed by atoms with Gasteiger partial charge in [-0.25, -0.2) is 4.68 Å². The van der Waals surface area contributed by atoms with E-state index in [-0.39, 0.29) is 17.3 Å². The highest BCUT2D eigenvalue weighted by atomic mass is 32.1. The Labute approximate surface area is 156 Å². The van der Waals surface area contributed by atoms with Gasteiger partial charge in [-0.2, -0.15) is 22.7 Å². The third kappa shape index (κ3) is 4.86. The molecule has 3 aromatic rings. The molecule has 0 radical (unpaired) electrons. The van der Waals surface area contributed by atoms with E-state index in [4.69, 9.17) is 0 Å². The van der Waals surface area contributed by atoms with Crippen LogP contribution in [0.1, 0.15) is 10.0 Å². The molecule has 0 bridgehead atoms. The van der Waals surface area contributed by atoms with Crippen LogP contribution in [0.2, 0.25) is 0 Å². The lowest BCUT2D eigenvalue weighted by Gasteiger charge is -2.07. The number of alkyl halides is 4. The molecule has 1 atom stereocenters. The van der Waals surface area contributed by atoms with Gasteiger partial charge >= 0.3 is 12.3 Å². The first kappa shape index (κ1) is 19.4. The summed E-state index contributed by atoms with van der Waals surface area (Å²) in [5.41, 5.74) is -2.71. The monoisotopic (exact) mass is 418 g/mol. The van der Waals surface area contributed by atoms with Crippen molar-refractivity contribution in [2.45, 2.75) is 18.8 Å². The first-order valence-corrected chi connectivity index (χ1v) is 8.75. The van der Waals surface area contributed by atoms with Crippen molar-refractivity contribution in [3.8, 4) is 17.0 Å². The molecule has 1 unspecified atom stereocenters. The van der Waals surface area contributed by atoms with E-state index in [0.717, 1.165) is 4.68 Å². The van der Waals surface area contributed by atoms with Gasteiger partial charge in [0.2, 0.25) is 0 Å². The average Bonchev–Trinajstić information content (AvgIpc) is 3.06. The molecule has 0 N–H and O–H groups in total. The van der Waals surface area contributed by atoms with E-state index < -0.39 is 22.8 Å². The summed E-state index contributed by atoms with van der Waals surface area (Å²) in [6, 6.07) is 8.43. The molecule has 6 nitrogen and oxygen atoms in total. The molecular weight excluding hydrogens is 407 g/mol. The van der Waals surface area contributed by atoms with E-state index in [1.165, 1.54) is 45.6 Å². The molecule has 2 heterocycles. The SMILES string of the molecule is O=c1ccc(-c2ccc(OC(F)F)cc2)nn1Cc1nnc(C(F)(F)P)s1. The van der Waals surface area contributed by atoms with Gasteiger partial charge in [0.25, 0.3) is 5.56 Å². The maximum absolute atomic E-state index is 13.2. The molecular formula is C15H11F4N4O2PS. The van der Waals surface area contributed by atoms with Gasteiger partial charge in [-0.15, -0.1) is 10.2 Å². The molecule has 0 saturated carbocycles. The standard InChI is InChI=1S/C15H11F4N4O2PS/c16-14(17)25-9-3-1-8(2-4-9)10-5-6-12(24)23(22-10)7-11-20-21-13(27-11)15(18,19)26/h1-6,14H,7,26H2. The lowest BCUT2D eigenvalue weighted by Crippen LogP contribution is -2.22. The van der Waals surface area contributed by atoms with Crippen molar-refractivity contribution in [2.75, 3.05) is 0 Å². The minimum absolute atomic E-state index is 0.0122. The second-order valence-corrected chi connectivity index (χ2v) is 7.03. The Kier molecular flexibility index (Phi) is 5.52. The van der Waals surface area contributed by atoms with E-state index in [1.807, 2.05) is 0 Å². The van der Waals surface area contributed by atoms with Crippen LogP contribution in [-0.4, -0.2) is 26.6 Å². The highest BCUT2D eigenvalue weighted by Crippen LogP contribution is 2.36. The van der Waals surface area contributed by atoms with Crippen molar-refractivity contribution in [1.82, 2.24) is 20.0 Å². The van der Waals surface area contributed by atoms with Crippen molar-refractivity contribution >= 4 is 20.6 Å². The summed E-state index contributed by atoms with van der Waals surface area (Å²) in [7, 11) is 1.37. The van der Waals surface area contributed by atoms with Crippen LogP contribution < -0.4 is 10.3 Å². The average molecular weight is 418 g/mol. The fourth-order valence-corrected chi connectivity index (χ4v) is 3.05. The topological polar surface area (TPSA) is 69.9 Å². The van der Waals surface area contributed by atoms with E-state index in [1.54, 1.807) is 0 Å². The van der Waals surface area contributed by atoms with Gasteiger partial charge in [-0.05, 0) is 30.3 Å². The maximum Gasteiger partial charge on any atom is 0.387 e. The Morgan fingerprint density at radius 1 is 1.15 bits per heavy atom. The molecule has 0 aliphatic carbocycles. The molecule has 0 amide bonds. The van der Waals surface area contributed by atoms with Crippen molar-refractivity contribution in [3.63, 3.8) is 0 Å². The number of hydrogen-bond acceptors (Lipinski definition) is 6. The number of rotatable bonds is 6. The van der Waals surface area contributed by atoms with Gasteiger partial charge in [0.1, 0.15) is 10.8 Å². The lowest BCUT2D eigenvalue weighted by atomic mass is 10.1. The quantitative estimate of drug-likeness (QED) is 0.454. The molecule has 2 aromatic heterocycles. The Morgan fingerprint density at radius 3 is 2.44 bits per heavy atom. The van der Waals surface area contributed by atoms with Crippen LogP contribution >= 0.6 is 20.6 Å². The fourth-order valence-electron chi connectivity index (χ4n) is 2.10. The molecule has 142 valence electrons. The van der Waals surface area contributed by atoms with Crippen LogP contribution in [0.15, 0.2) is 41.2 Å². The van der Waals surface area contributed by atoms with Crippen LogP contribution in [-0.2, 0) is 12.2 Å². The van der Waals surface area contributed by atoms with Crippen LogP contribution in [0.3, 0.4) is 0 Å². The Balaban J connectivity index is 1.84. The Hall–Kier alpha value is -2.39. The molecule has 0 saturated heterocycles. The smallest absolute Gasteiger partial charge is 0.387 e. The zero-order valence-corrected chi connectivity index (χ0v) is 15.3. The van der Waals surface area contributed by atoms with E-state index in [0.29, 0.717) is 22.6 Å². The zero-order valence-electron chi connectivity index (χ0n) is 13.4. The van der Waals surface area contributed by atoms with Crippen LogP contribution in [0.25, 0.3) is 11.3 Å². The summed E-state index contributed by atoms with van der Waals surface area (Å²) in [5.74, 6) is -0.0122. The third-order valence-corrected chi connectivity index (χ3v) is 4.76. The molecule has 0 aliphatic heterocycles. The highest BCUT2D eigenvalue weighted by Gasteiger charge is 2.29. The summed E-state index contributed by atoms with van der Waals surface area (Å²) in [5, 5.41) is 10.9. The number of aromatic nitrogens is 4. The summed E-state index contributed by atoms with van der Waals surface area (Å²) < 4.78 is 56.1. The van der Waals surface area contributed by atoms with Gasteiger partial charge in [-0.3, -0.25) is 4.79 Å². The van der Waals surface area contributed by atoms with E-state index in [2.05, 4.69) is 20.0 Å². The predicted molar refractivity (Wildman–Crippen MR) is 93.2 cm³/mol. The minimum Gasteiger partial charge on any atom is -0.435 e. The largest absolute Gasteiger partial charge is 0.435 e. The van der Waals surface area contributed by atoms with E-state index in [9.17, 15) is 22.4 Å². The number of nitrogens with zero attached hydrogens (tertiary/aromatic N) is 4. The third-order valence-electron chi connectivity index (χ3n) is 3.28. The summed E-state index contributed by atoms with van der Waals surface area (Å²) in [6.07, 6.45) is 0. The van der Waals surface area contributed by atoms with Crippen LogP contribution in [0.4, 0.5) is 17.6 Å². The Morgan fingerprint density at radius 2 is 1.85 bits per heavy atom. The summed E-state index contributed by atoms with van der Waals surface area (Å²) in [4.78, 5) is 12.0. The Bertz CT molecular complexity index is 988. The molecule has 0 fully saturated rings. The second-order valence-electron chi connectivity index (χ2n) is 5.24. The predicted octanol–water partition coefficient (Wildman–Crippen LogP) is 3.34. The first-order chi connectivity index (χ1) is 12.7. The molecule has 0 spiro atoms. The van der Waals surface area contributed by atoms with Crippen LogP contribution in [0.5, 0.6) is 5.75 Å². The molecule has 3 rings (SSSR count). The first-order valence-electron chi connectivity index (χ1n) is 7.35. The van der Waals surface area contributed by atoms with Gasteiger partial charge in [0.15, 0.2) is 5.01 Å². The molecule has 1 aromatic carbocycles. The van der Waals surface area contributed by atoms with Crippen molar-refractivity contribution < 1.29 is 22.3 Å². The molecule has 27 heavy (non-hydrogen) atoms. The van der Waals surface area contributed by atoms with Crippen molar-refractivity contribution in [2.24, 2.45) is 0 Å². The maximum atomic E-state index is 13.2.